The molecule has 2 aromatic heterocycles. The molecular formula is C14H12FN3. The Morgan fingerprint density at radius 3 is 2.67 bits per heavy atom. The van der Waals surface area contributed by atoms with Crippen LogP contribution in [0, 0.1) is 19.7 Å². The lowest BCUT2D eigenvalue weighted by molar-refractivity contribution is 0.630. The first-order valence-electron chi connectivity index (χ1n) is 5.74. The van der Waals surface area contributed by atoms with Crippen molar-refractivity contribution >= 4 is 5.65 Å². The first-order valence-corrected chi connectivity index (χ1v) is 5.74. The van der Waals surface area contributed by atoms with Crippen molar-refractivity contribution in [3.63, 3.8) is 0 Å². The number of hydrogen-bond donors (Lipinski definition) is 0. The molecule has 18 heavy (non-hydrogen) atoms. The number of benzene rings is 1. The molecule has 0 radical (unpaired) electrons. The molecule has 0 amide bonds. The van der Waals surface area contributed by atoms with Gasteiger partial charge in [0.15, 0.2) is 5.65 Å². The average molecular weight is 241 g/mol. The normalized spacial score (nSPS) is 11.1. The van der Waals surface area contributed by atoms with Crippen molar-refractivity contribution in [1.82, 2.24) is 14.6 Å². The van der Waals surface area contributed by atoms with Gasteiger partial charge in [-0.05, 0) is 32.0 Å². The van der Waals surface area contributed by atoms with Crippen molar-refractivity contribution in [3.05, 3.63) is 53.6 Å². The van der Waals surface area contributed by atoms with E-state index in [1.165, 1.54) is 6.07 Å². The maximum atomic E-state index is 13.8. The molecule has 3 aromatic rings. The molecule has 0 spiro atoms. The van der Waals surface area contributed by atoms with Gasteiger partial charge in [-0.25, -0.2) is 13.9 Å². The number of aromatic nitrogens is 3. The van der Waals surface area contributed by atoms with Crippen LogP contribution in [-0.2, 0) is 0 Å². The minimum atomic E-state index is -0.263. The van der Waals surface area contributed by atoms with Gasteiger partial charge in [-0.15, -0.1) is 0 Å². The predicted molar refractivity (Wildman–Crippen MR) is 67.9 cm³/mol. The van der Waals surface area contributed by atoms with E-state index in [4.69, 9.17) is 0 Å². The highest BCUT2D eigenvalue weighted by Crippen LogP contribution is 2.26. The molecule has 90 valence electrons. The molecule has 4 heteroatoms. The van der Waals surface area contributed by atoms with E-state index in [2.05, 4.69) is 10.1 Å². The Labute approximate surface area is 104 Å². The summed E-state index contributed by atoms with van der Waals surface area (Å²) >= 11 is 0. The van der Waals surface area contributed by atoms with Crippen molar-refractivity contribution in [3.8, 4) is 11.3 Å². The molecule has 3 nitrogen and oxygen atoms in total. The Kier molecular flexibility index (Phi) is 2.37. The van der Waals surface area contributed by atoms with E-state index in [-0.39, 0.29) is 5.82 Å². The minimum absolute atomic E-state index is 0.263. The number of hydrogen-bond acceptors (Lipinski definition) is 2. The van der Waals surface area contributed by atoms with Crippen LogP contribution < -0.4 is 0 Å². The molecule has 0 aliphatic heterocycles. The van der Waals surface area contributed by atoms with Crippen LogP contribution in [0.5, 0.6) is 0 Å². The van der Waals surface area contributed by atoms with Gasteiger partial charge in [0.05, 0.1) is 0 Å². The fourth-order valence-electron chi connectivity index (χ4n) is 2.04. The lowest BCUT2D eigenvalue weighted by Crippen LogP contribution is -1.91. The molecular weight excluding hydrogens is 229 g/mol. The standard InChI is InChI=1S/C14H12FN3/c1-9-7-8-18-14(16-9)10(2)13(17-18)11-5-3-4-6-12(11)15/h3-8H,1-2H3. The predicted octanol–water partition coefficient (Wildman–Crippen LogP) is 3.15. The van der Waals surface area contributed by atoms with E-state index >= 15 is 0 Å². The molecule has 0 aliphatic rings. The van der Waals surface area contributed by atoms with Crippen LogP contribution in [0.15, 0.2) is 36.5 Å². The lowest BCUT2D eigenvalue weighted by Gasteiger charge is -1.99. The molecule has 2 heterocycles. The fourth-order valence-corrected chi connectivity index (χ4v) is 2.04. The third-order valence-corrected chi connectivity index (χ3v) is 2.98. The Bertz CT molecular complexity index is 731. The molecule has 0 unspecified atom stereocenters. The second-order valence-corrected chi connectivity index (χ2v) is 4.29. The van der Waals surface area contributed by atoms with E-state index in [0.717, 1.165) is 16.9 Å². The van der Waals surface area contributed by atoms with Crippen molar-refractivity contribution in [1.29, 1.82) is 0 Å². The van der Waals surface area contributed by atoms with E-state index in [9.17, 15) is 4.39 Å². The Morgan fingerprint density at radius 2 is 1.89 bits per heavy atom. The Hall–Kier alpha value is -2.23. The van der Waals surface area contributed by atoms with Gasteiger partial charge >= 0.3 is 0 Å². The number of nitrogens with zero attached hydrogens (tertiary/aromatic N) is 3. The highest BCUT2D eigenvalue weighted by Gasteiger charge is 2.14. The number of aryl methyl sites for hydroxylation is 2. The molecule has 0 fully saturated rings. The maximum Gasteiger partial charge on any atom is 0.158 e. The van der Waals surface area contributed by atoms with Crippen LogP contribution >= 0.6 is 0 Å². The van der Waals surface area contributed by atoms with Gasteiger partial charge in [0.25, 0.3) is 0 Å². The quantitative estimate of drug-likeness (QED) is 0.655. The van der Waals surface area contributed by atoms with Crippen LogP contribution in [0.25, 0.3) is 16.9 Å². The fraction of sp³-hybridized carbons (Fsp3) is 0.143. The largest absolute Gasteiger partial charge is 0.234 e. The Balaban J connectivity index is 2.31. The van der Waals surface area contributed by atoms with Gasteiger partial charge < -0.3 is 0 Å². The zero-order valence-corrected chi connectivity index (χ0v) is 10.2. The van der Waals surface area contributed by atoms with Gasteiger partial charge in [-0.2, -0.15) is 5.10 Å². The summed E-state index contributed by atoms with van der Waals surface area (Å²) in [5.74, 6) is -0.263. The molecule has 0 bridgehead atoms. The number of halogens is 1. The van der Waals surface area contributed by atoms with E-state index in [1.807, 2.05) is 26.1 Å². The molecule has 1 aromatic carbocycles. The topological polar surface area (TPSA) is 30.2 Å². The Morgan fingerprint density at radius 1 is 1.11 bits per heavy atom. The van der Waals surface area contributed by atoms with Crippen LogP contribution in [0.2, 0.25) is 0 Å². The highest BCUT2D eigenvalue weighted by atomic mass is 19.1. The van der Waals surface area contributed by atoms with Gasteiger partial charge in [-0.3, -0.25) is 0 Å². The van der Waals surface area contributed by atoms with Crippen molar-refractivity contribution in [2.75, 3.05) is 0 Å². The van der Waals surface area contributed by atoms with Gasteiger partial charge in [0, 0.05) is 23.0 Å². The number of fused-ring (bicyclic) bond motifs is 1. The first kappa shape index (κ1) is 10.9. The summed E-state index contributed by atoms with van der Waals surface area (Å²) in [6.45, 7) is 3.84. The molecule has 3 rings (SSSR count). The van der Waals surface area contributed by atoms with Crippen LogP contribution in [0.3, 0.4) is 0 Å². The summed E-state index contributed by atoms with van der Waals surface area (Å²) < 4.78 is 15.5. The zero-order chi connectivity index (χ0) is 12.7. The smallest absolute Gasteiger partial charge is 0.158 e. The highest BCUT2D eigenvalue weighted by molar-refractivity contribution is 5.70. The minimum Gasteiger partial charge on any atom is -0.234 e. The van der Waals surface area contributed by atoms with E-state index < -0.39 is 0 Å². The van der Waals surface area contributed by atoms with Crippen molar-refractivity contribution in [2.45, 2.75) is 13.8 Å². The summed E-state index contributed by atoms with van der Waals surface area (Å²) in [6, 6.07) is 8.53. The van der Waals surface area contributed by atoms with E-state index in [1.54, 1.807) is 22.7 Å². The number of rotatable bonds is 1. The SMILES string of the molecule is Cc1ccn2nc(-c3ccccc3F)c(C)c2n1. The van der Waals surface area contributed by atoms with Crippen LogP contribution in [-0.4, -0.2) is 14.6 Å². The van der Waals surface area contributed by atoms with Gasteiger partial charge in [0.1, 0.15) is 11.5 Å². The first-order chi connectivity index (χ1) is 8.66. The summed E-state index contributed by atoms with van der Waals surface area (Å²) in [7, 11) is 0. The molecule has 0 saturated carbocycles. The second-order valence-electron chi connectivity index (χ2n) is 4.29. The summed E-state index contributed by atoms with van der Waals surface area (Å²) in [6.07, 6.45) is 1.84. The zero-order valence-electron chi connectivity index (χ0n) is 10.2. The maximum absolute atomic E-state index is 13.8. The average Bonchev–Trinajstić information content (AvgIpc) is 2.68. The third kappa shape index (κ3) is 1.57. The lowest BCUT2D eigenvalue weighted by atomic mass is 10.1. The van der Waals surface area contributed by atoms with Crippen molar-refractivity contribution in [2.24, 2.45) is 0 Å². The second kappa shape index (κ2) is 3.91. The molecule has 0 atom stereocenters. The van der Waals surface area contributed by atoms with Gasteiger partial charge in [0.2, 0.25) is 0 Å². The van der Waals surface area contributed by atoms with Gasteiger partial charge in [-0.1, -0.05) is 12.1 Å². The molecule has 0 saturated heterocycles. The summed E-state index contributed by atoms with van der Waals surface area (Å²) in [5.41, 5.74) is 3.74. The summed E-state index contributed by atoms with van der Waals surface area (Å²) in [4.78, 5) is 4.43. The van der Waals surface area contributed by atoms with Crippen molar-refractivity contribution < 1.29 is 4.39 Å². The molecule has 0 aliphatic carbocycles. The van der Waals surface area contributed by atoms with Crippen LogP contribution in [0.1, 0.15) is 11.3 Å². The summed E-state index contributed by atoms with van der Waals surface area (Å²) in [5, 5.41) is 4.40. The molecule has 0 N–H and O–H groups in total. The third-order valence-electron chi connectivity index (χ3n) is 2.98. The van der Waals surface area contributed by atoms with E-state index in [0.29, 0.717) is 11.3 Å². The van der Waals surface area contributed by atoms with Crippen LogP contribution in [0.4, 0.5) is 4.39 Å². The monoisotopic (exact) mass is 241 g/mol.